The Morgan fingerprint density at radius 2 is 2.21 bits per heavy atom. The molecule has 1 aromatic carbocycles. The zero-order valence-corrected chi connectivity index (χ0v) is 16.0. The lowest BCUT2D eigenvalue weighted by Crippen LogP contribution is -2.15. The normalized spacial score (nSPS) is 18.8. The van der Waals surface area contributed by atoms with Crippen LogP contribution in [0.3, 0.4) is 0 Å². The topological polar surface area (TPSA) is 125 Å². The summed E-state index contributed by atoms with van der Waals surface area (Å²) in [6, 6.07) is 13.5. The molecule has 7 heteroatoms. The van der Waals surface area contributed by atoms with Gasteiger partial charge >= 0.3 is 0 Å². The van der Waals surface area contributed by atoms with Gasteiger partial charge in [0, 0.05) is 17.1 Å². The molecule has 0 radical (unpaired) electrons. The minimum absolute atomic E-state index is 0.187. The van der Waals surface area contributed by atoms with Crippen molar-refractivity contribution >= 4 is 28.3 Å². The fraction of sp³-hybridized carbons (Fsp3) is 0.273. The van der Waals surface area contributed by atoms with E-state index in [0.29, 0.717) is 35.6 Å². The van der Waals surface area contributed by atoms with Gasteiger partial charge in [-0.05, 0) is 42.8 Å². The highest BCUT2D eigenvalue weighted by Gasteiger charge is 2.43. The summed E-state index contributed by atoms with van der Waals surface area (Å²) < 4.78 is 0. The average Bonchev–Trinajstić information content (AvgIpc) is 3.48. The van der Waals surface area contributed by atoms with E-state index in [1.165, 1.54) is 0 Å². The third-order valence-electron chi connectivity index (χ3n) is 5.10. The number of aliphatic hydroxyl groups excluding tert-OH is 1. The Balaban J connectivity index is 1.69. The van der Waals surface area contributed by atoms with Gasteiger partial charge in [0.15, 0.2) is 0 Å². The van der Waals surface area contributed by atoms with E-state index < -0.39 is 6.10 Å². The highest BCUT2D eigenvalue weighted by Crippen LogP contribution is 2.38. The van der Waals surface area contributed by atoms with Gasteiger partial charge in [-0.1, -0.05) is 24.3 Å². The largest absolute Gasteiger partial charge is 0.393 e. The molecule has 1 aliphatic rings. The number of fused-ring (bicyclic) bond motifs is 1. The second-order valence-corrected chi connectivity index (χ2v) is 7.46. The summed E-state index contributed by atoms with van der Waals surface area (Å²) in [5, 5.41) is 23.0. The molecule has 0 aliphatic heterocycles. The van der Waals surface area contributed by atoms with Crippen molar-refractivity contribution in [2.75, 3.05) is 11.1 Å². The number of anilines is 2. The van der Waals surface area contributed by atoms with E-state index in [1.807, 2.05) is 30.3 Å². The van der Waals surface area contributed by atoms with E-state index in [2.05, 4.69) is 21.4 Å². The molecule has 146 valence electrons. The number of nitrogens with one attached hydrogen (secondary N) is 1. The Hall–Kier alpha value is -3.50. The van der Waals surface area contributed by atoms with Gasteiger partial charge in [-0.3, -0.25) is 4.79 Å². The number of aromatic nitrogens is 2. The molecule has 1 unspecified atom stereocenters. The van der Waals surface area contributed by atoms with Crippen LogP contribution in [-0.4, -0.2) is 27.1 Å². The summed E-state index contributed by atoms with van der Waals surface area (Å²) in [5.41, 5.74) is 8.74. The van der Waals surface area contributed by atoms with Crippen LogP contribution in [-0.2, 0) is 11.2 Å². The Labute approximate surface area is 168 Å². The number of rotatable bonds is 5. The summed E-state index contributed by atoms with van der Waals surface area (Å²) in [7, 11) is 0. The van der Waals surface area contributed by atoms with Crippen molar-refractivity contribution in [1.82, 2.24) is 9.97 Å². The Morgan fingerprint density at radius 1 is 1.41 bits per heavy atom. The van der Waals surface area contributed by atoms with Crippen LogP contribution in [0.4, 0.5) is 11.6 Å². The second-order valence-electron chi connectivity index (χ2n) is 7.46. The van der Waals surface area contributed by atoms with Crippen LogP contribution in [0.15, 0.2) is 42.6 Å². The maximum Gasteiger partial charge on any atom is 0.230 e. The van der Waals surface area contributed by atoms with E-state index in [1.54, 1.807) is 19.2 Å². The monoisotopic (exact) mass is 387 g/mol. The van der Waals surface area contributed by atoms with Gasteiger partial charge in [-0.25, -0.2) is 9.97 Å². The fourth-order valence-corrected chi connectivity index (χ4v) is 3.49. The Kier molecular flexibility index (Phi) is 4.87. The summed E-state index contributed by atoms with van der Waals surface area (Å²) in [5.74, 6) is 0.115. The van der Waals surface area contributed by atoms with Crippen LogP contribution in [0.5, 0.6) is 0 Å². The van der Waals surface area contributed by atoms with E-state index in [9.17, 15) is 9.90 Å². The number of carbonyl (C=O) groups is 1. The number of benzene rings is 1. The first-order valence-electron chi connectivity index (χ1n) is 9.49. The lowest BCUT2D eigenvalue weighted by molar-refractivity contribution is -0.117. The van der Waals surface area contributed by atoms with Gasteiger partial charge < -0.3 is 16.2 Å². The number of nitrogens with zero attached hydrogens (tertiary/aromatic N) is 3. The second kappa shape index (κ2) is 7.49. The van der Waals surface area contributed by atoms with Crippen molar-refractivity contribution in [3.8, 4) is 17.3 Å². The summed E-state index contributed by atoms with van der Waals surface area (Å²) in [6.45, 7) is 1.75. The molecule has 29 heavy (non-hydrogen) atoms. The lowest BCUT2D eigenvalue weighted by atomic mass is 9.98. The number of nitrogens with two attached hydrogens (primary N) is 1. The van der Waals surface area contributed by atoms with Crippen molar-refractivity contribution < 1.29 is 9.90 Å². The van der Waals surface area contributed by atoms with Crippen LogP contribution < -0.4 is 11.1 Å². The zero-order chi connectivity index (χ0) is 20.5. The Morgan fingerprint density at radius 3 is 2.93 bits per heavy atom. The lowest BCUT2D eigenvalue weighted by Gasteiger charge is -2.13. The molecule has 1 amide bonds. The van der Waals surface area contributed by atoms with E-state index >= 15 is 0 Å². The van der Waals surface area contributed by atoms with E-state index in [0.717, 1.165) is 16.5 Å². The van der Waals surface area contributed by atoms with Gasteiger partial charge in [0.25, 0.3) is 0 Å². The SMILES string of the molecule is CC(O)Cc1ccccc1-c1cc2cc(NC(=O)[C@H]3C[C@@H]3C#N)ncc2c(N)n1. The molecule has 3 aromatic rings. The van der Waals surface area contributed by atoms with Crippen molar-refractivity contribution in [3.63, 3.8) is 0 Å². The maximum atomic E-state index is 12.2. The third kappa shape index (κ3) is 3.89. The average molecular weight is 387 g/mol. The molecule has 0 saturated heterocycles. The number of carbonyl (C=O) groups excluding carboxylic acids is 1. The quantitative estimate of drug-likeness (QED) is 0.618. The summed E-state index contributed by atoms with van der Waals surface area (Å²) in [4.78, 5) is 21.0. The predicted octanol–water partition coefficient (Wildman–Crippen LogP) is 2.90. The van der Waals surface area contributed by atoms with Crippen LogP contribution in [0.2, 0.25) is 0 Å². The van der Waals surface area contributed by atoms with Gasteiger partial charge in [0.05, 0.1) is 29.7 Å². The molecule has 4 N–H and O–H groups in total. The molecule has 7 nitrogen and oxygen atoms in total. The van der Waals surface area contributed by atoms with Gasteiger partial charge in [0.1, 0.15) is 11.6 Å². The predicted molar refractivity (Wildman–Crippen MR) is 111 cm³/mol. The molecular formula is C22H21N5O2. The van der Waals surface area contributed by atoms with Crippen LogP contribution in [0.25, 0.3) is 22.0 Å². The first-order chi connectivity index (χ1) is 14.0. The highest BCUT2D eigenvalue weighted by molar-refractivity contribution is 5.98. The molecular weight excluding hydrogens is 366 g/mol. The van der Waals surface area contributed by atoms with Crippen LogP contribution in [0, 0.1) is 23.2 Å². The first-order valence-corrected chi connectivity index (χ1v) is 9.49. The minimum Gasteiger partial charge on any atom is -0.393 e. The number of hydrogen-bond acceptors (Lipinski definition) is 6. The number of amides is 1. The third-order valence-corrected chi connectivity index (χ3v) is 5.10. The minimum atomic E-state index is -0.473. The van der Waals surface area contributed by atoms with Gasteiger partial charge in [-0.15, -0.1) is 0 Å². The van der Waals surface area contributed by atoms with Crippen molar-refractivity contribution in [1.29, 1.82) is 5.26 Å². The first kappa shape index (κ1) is 18.8. The number of hydrogen-bond donors (Lipinski definition) is 3. The van der Waals surface area contributed by atoms with Crippen LogP contribution >= 0.6 is 0 Å². The zero-order valence-electron chi connectivity index (χ0n) is 16.0. The molecule has 1 aliphatic carbocycles. The Bertz CT molecular complexity index is 1140. The van der Waals surface area contributed by atoms with Crippen LogP contribution in [0.1, 0.15) is 18.9 Å². The number of aliphatic hydroxyl groups is 1. The van der Waals surface area contributed by atoms with E-state index in [-0.39, 0.29) is 17.7 Å². The van der Waals surface area contributed by atoms with E-state index in [4.69, 9.17) is 11.0 Å². The smallest absolute Gasteiger partial charge is 0.230 e. The molecule has 1 saturated carbocycles. The summed E-state index contributed by atoms with van der Waals surface area (Å²) >= 11 is 0. The van der Waals surface area contributed by atoms with Gasteiger partial charge in [0.2, 0.25) is 5.91 Å². The number of nitriles is 1. The molecule has 0 spiro atoms. The highest BCUT2D eigenvalue weighted by atomic mass is 16.3. The number of pyridine rings is 2. The van der Waals surface area contributed by atoms with Gasteiger partial charge in [-0.2, -0.15) is 5.26 Å². The number of nitrogen functional groups attached to an aromatic ring is 1. The van der Waals surface area contributed by atoms with Crippen molar-refractivity contribution in [2.24, 2.45) is 11.8 Å². The molecule has 0 bridgehead atoms. The molecule has 4 rings (SSSR count). The molecule has 2 heterocycles. The van der Waals surface area contributed by atoms with Crippen molar-refractivity contribution in [2.45, 2.75) is 25.9 Å². The maximum absolute atomic E-state index is 12.2. The van der Waals surface area contributed by atoms with Crippen molar-refractivity contribution in [3.05, 3.63) is 48.2 Å². The fourth-order valence-electron chi connectivity index (χ4n) is 3.49. The standard InChI is InChI=1S/C22H21N5O2/c1-12(28)6-13-4-2-3-5-16(13)19-8-14-9-20(25-11-18(14)21(24)26-19)27-22(29)17-7-15(17)10-23/h2-5,8-9,11-12,15,17,28H,6-7H2,1H3,(H2,24,26)(H,25,27,29)/t12?,15-,17+/m1/s1. The molecule has 1 fully saturated rings. The molecule has 3 atom stereocenters. The molecule has 2 aromatic heterocycles. The summed E-state index contributed by atoms with van der Waals surface area (Å²) in [6.07, 6.45) is 2.22.